The summed E-state index contributed by atoms with van der Waals surface area (Å²) in [4.78, 5) is 20.4. The lowest BCUT2D eigenvalue weighted by atomic mass is 10.3. The van der Waals surface area contributed by atoms with E-state index in [9.17, 15) is 9.59 Å². The van der Waals surface area contributed by atoms with Crippen LogP contribution in [0, 0.1) is 0 Å². The number of aliphatic hydroxyl groups is 1. The zero-order valence-electron chi connectivity index (χ0n) is 5.50. The first-order valence-corrected chi connectivity index (χ1v) is 2.71. The molecule has 58 valence electrons. The second-order valence-electron chi connectivity index (χ2n) is 1.79. The van der Waals surface area contributed by atoms with Gasteiger partial charge >= 0.3 is 5.97 Å². The van der Waals surface area contributed by atoms with Gasteiger partial charge in [-0.15, -0.1) is 0 Å². The second-order valence-corrected chi connectivity index (χ2v) is 1.79. The zero-order chi connectivity index (χ0) is 8.15. The third kappa shape index (κ3) is 3.03. The molecule has 0 aliphatic rings. The fraction of sp³-hybridized carbons (Fsp3) is 0.600. The largest absolute Gasteiger partial charge is 0.480 e. The quantitative estimate of drug-likeness (QED) is 0.456. The first kappa shape index (κ1) is 8.90. The molecule has 0 aliphatic heterocycles. The summed E-state index contributed by atoms with van der Waals surface area (Å²) in [7, 11) is 0. The Labute approximate surface area is 57.7 Å². The Balaban J connectivity index is 3.68. The van der Waals surface area contributed by atoms with E-state index in [0.717, 1.165) is 0 Å². The number of nitrogens with one attached hydrogen (secondary N) is 1. The average Bonchev–Trinajstić information content (AvgIpc) is 1.87. The molecule has 0 rings (SSSR count). The molecule has 0 fully saturated rings. The van der Waals surface area contributed by atoms with Crippen LogP contribution in [0.2, 0.25) is 0 Å². The number of carbonyl (C=O) groups is 2. The predicted octanol–water partition coefficient (Wildman–Crippen LogP) is -1.43. The molecular weight excluding hydrogens is 138 g/mol. The summed E-state index contributed by atoms with van der Waals surface area (Å²) in [5.41, 5.74) is 0. The Bertz CT molecular complexity index is 145. The van der Waals surface area contributed by atoms with Gasteiger partial charge in [0, 0.05) is 0 Å². The summed E-state index contributed by atoms with van der Waals surface area (Å²) in [5, 5.41) is 18.4. The number of hydrogen-bond donors (Lipinski definition) is 3. The average molecular weight is 147 g/mol. The number of aliphatic carboxylic acids is 1. The molecule has 0 spiro atoms. The summed E-state index contributed by atoms with van der Waals surface area (Å²) in [6.45, 7) is 0.632. The van der Waals surface area contributed by atoms with Gasteiger partial charge in [-0.3, -0.25) is 9.59 Å². The number of amides is 1. The van der Waals surface area contributed by atoms with Crippen LogP contribution in [0.4, 0.5) is 0 Å². The summed E-state index contributed by atoms with van der Waals surface area (Å²) in [5.74, 6) is -1.81. The van der Waals surface area contributed by atoms with Gasteiger partial charge in [0.15, 0.2) is 0 Å². The van der Waals surface area contributed by atoms with E-state index in [1.54, 1.807) is 0 Å². The highest BCUT2D eigenvalue weighted by Gasteiger charge is 2.11. The van der Waals surface area contributed by atoms with Gasteiger partial charge < -0.3 is 15.5 Å². The highest BCUT2D eigenvalue weighted by molar-refractivity contribution is 5.83. The standard InChI is InChI=1S/C5H9NO4/c1-3(5(9)10)6-4(8)2-7/h3,7H,2H2,1H3,(H,6,8)(H,9,10). The smallest absolute Gasteiger partial charge is 0.325 e. The number of carbonyl (C=O) groups excluding carboxylic acids is 1. The summed E-state index contributed by atoms with van der Waals surface area (Å²) < 4.78 is 0. The zero-order valence-corrected chi connectivity index (χ0v) is 5.50. The van der Waals surface area contributed by atoms with E-state index in [2.05, 4.69) is 0 Å². The minimum absolute atomic E-state index is 0.683. The van der Waals surface area contributed by atoms with Crippen LogP contribution in [0.15, 0.2) is 0 Å². The number of carboxylic acid groups (broad SMARTS) is 1. The minimum Gasteiger partial charge on any atom is -0.480 e. The maximum absolute atomic E-state index is 10.3. The van der Waals surface area contributed by atoms with E-state index in [4.69, 9.17) is 10.2 Å². The van der Waals surface area contributed by atoms with E-state index < -0.39 is 24.5 Å². The maximum Gasteiger partial charge on any atom is 0.325 e. The molecule has 10 heavy (non-hydrogen) atoms. The summed E-state index contributed by atoms with van der Waals surface area (Å²) >= 11 is 0. The Morgan fingerprint density at radius 1 is 1.60 bits per heavy atom. The van der Waals surface area contributed by atoms with Crippen molar-refractivity contribution in [1.82, 2.24) is 5.32 Å². The van der Waals surface area contributed by atoms with Gasteiger partial charge in [-0.2, -0.15) is 0 Å². The molecule has 0 aromatic carbocycles. The van der Waals surface area contributed by atoms with Crippen molar-refractivity contribution in [2.45, 2.75) is 13.0 Å². The minimum atomic E-state index is -1.12. The molecule has 3 N–H and O–H groups in total. The molecule has 0 saturated heterocycles. The van der Waals surface area contributed by atoms with E-state index >= 15 is 0 Å². The Hall–Kier alpha value is -1.10. The monoisotopic (exact) mass is 147 g/mol. The van der Waals surface area contributed by atoms with Crippen LogP contribution in [-0.4, -0.2) is 34.7 Å². The van der Waals surface area contributed by atoms with Crippen LogP contribution in [0.1, 0.15) is 6.92 Å². The third-order valence-corrected chi connectivity index (χ3v) is 0.892. The Morgan fingerprint density at radius 2 is 2.10 bits per heavy atom. The molecule has 5 heteroatoms. The number of hydrogen-bond acceptors (Lipinski definition) is 3. The van der Waals surface area contributed by atoms with Crippen LogP contribution in [0.5, 0.6) is 0 Å². The molecule has 5 nitrogen and oxygen atoms in total. The van der Waals surface area contributed by atoms with E-state index in [0.29, 0.717) is 0 Å². The highest BCUT2D eigenvalue weighted by atomic mass is 16.4. The van der Waals surface area contributed by atoms with Gasteiger partial charge in [0.2, 0.25) is 5.91 Å². The van der Waals surface area contributed by atoms with Crippen molar-refractivity contribution in [3.05, 3.63) is 0 Å². The molecule has 0 radical (unpaired) electrons. The lowest BCUT2D eigenvalue weighted by molar-refractivity contribution is -0.141. The summed E-state index contributed by atoms with van der Waals surface area (Å²) in [6, 6.07) is -0.945. The molecule has 0 bridgehead atoms. The Morgan fingerprint density at radius 3 is 2.40 bits per heavy atom. The van der Waals surface area contributed by atoms with E-state index in [1.165, 1.54) is 6.92 Å². The lowest BCUT2D eigenvalue weighted by Gasteiger charge is -2.05. The van der Waals surface area contributed by atoms with E-state index in [1.807, 2.05) is 5.32 Å². The fourth-order valence-electron chi connectivity index (χ4n) is 0.349. The fourth-order valence-corrected chi connectivity index (χ4v) is 0.349. The van der Waals surface area contributed by atoms with Crippen molar-refractivity contribution in [3.63, 3.8) is 0 Å². The topological polar surface area (TPSA) is 86.6 Å². The Kier molecular flexibility index (Phi) is 3.42. The predicted molar refractivity (Wildman–Crippen MR) is 32.3 cm³/mol. The van der Waals surface area contributed by atoms with Crippen molar-refractivity contribution in [2.24, 2.45) is 0 Å². The molecule has 0 saturated carbocycles. The first-order valence-electron chi connectivity index (χ1n) is 2.71. The first-order chi connectivity index (χ1) is 4.57. The van der Waals surface area contributed by atoms with Crippen molar-refractivity contribution < 1.29 is 19.8 Å². The van der Waals surface area contributed by atoms with Crippen LogP contribution < -0.4 is 5.32 Å². The number of rotatable bonds is 3. The van der Waals surface area contributed by atoms with E-state index in [-0.39, 0.29) is 0 Å². The summed E-state index contributed by atoms with van der Waals surface area (Å²) in [6.07, 6.45) is 0. The van der Waals surface area contributed by atoms with Gasteiger partial charge in [-0.1, -0.05) is 0 Å². The molecular formula is C5H9NO4. The van der Waals surface area contributed by atoms with Crippen LogP contribution in [0.3, 0.4) is 0 Å². The second kappa shape index (κ2) is 3.84. The van der Waals surface area contributed by atoms with Crippen molar-refractivity contribution in [3.8, 4) is 0 Å². The SMILES string of the molecule is CC(NC(=O)CO)C(=O)O. The van der Waals surface area contributed by atoms with Crippen molar-refractivity contribution in [1.29, 1.82) is 0 Å². The maximum atomic E-state index is 10.3. The van der Waals surface area contributed by atoms with Crippen LogP contribution in [0.25, 0.3) is 0 Å². The molecule has 1 atom stereocenters. The van der Waals surface area contributed by atoms with Crippen LogP contribution >= 0.6 is 0 Å². The lowest BCUT2D eigenvalue weighted by Crippen LogP contribution is -2.39. The third-order valence-electron chi connectivity index (χ3n) is 0.892. The molecule has 0 aromatic rings. The van der Waals surface area contributed by atoms with Gasteiger partial charge in [-0.05, 0) is 6.92 Å². The van der Waals surface area contributed by atoms with Crippen molar-refractivity contribution in [2.75, 3.05) is 6.61 Å². The molecule has 0 heterocycles. The van der Waals surface area contributed by atoms with Gasteiger partial charge in [0.1, 0.15) is 12.6 Å². The highest BCUT2D eigenvalue weighted by Crippen LogP contribution is 1.79. The molecule has 1 unspecified atom stereocenters. The van der Waals surface area contributed by atoms with Crippen LogP contribution in [-0.2, 0) is 9.59 Å². The number of aliphatic hydroxyl groups excluding tert-OH is 1. The molecule has 0 aromatic heterocycles. The van der Waals surface area contributed by atoms with Gasteiger partial charge in [0.25, 0.3) is 0 Å². The van der Waals surface area contributed by atoms with Gasteiger partial charge in [-0.25, -0.2) is 0 Å². The van der Waals surface area contributed by atoms with Gasteiger partial charge in [0.05, 0.1) is 0 Å². The number of carboxylic acids is 1. The molecule has 1 amide bonds. The van der Waals surface area contributed by atoms with Crippen molar-refractivity contribution >= 4 is 11.9 Å². The normalized spacial score (nSPS) is 12.2. The molecule has 0 aliphatic carbocycles.